The fraction of sp³-hybridized carbons (Fsp3) is 0.111. The van der Waals surface area contributed by atoms with Crippen LogP contribution in [0.1, 0.15) is 13.8 Å². The minimum absolute atomic E-state index is 0.138. The topological polar surface area (TPSA) is 49.4 Å². The summed E-state index contributed by atoms with van der Waals surface area (Å²) in [6.45, 7) is 2.93. The molecule has 0 saturated heterocycles. The van der Waals surface area contributed by atoms with Crippen LogP contribution < -0.4 is 10.2 Å². The van der Waals surface area contributed by atoms with E-state index in [0.29, 0.717) is 26.5 Å². The second-order valence-electron chi connectivity index (χ2n) is 5.44. The number of halogens is 2. The summed E-state index contributed by atoms with van der Waals surface area (Å²) in [6.07, 6.45) is 0. The highest BCUT2D eigenvalue weighted by molar-refractivity contribution is 8.04. The van der Waals surface area contributed by atoms with Crippen LogP contribution in [0, 0.1) is 0 Å². The number of anilines is 2. The highest BCUT2D eigenvalue weighted by Crippen LogP contribution is 2.44. The lowest BCUT2D eigenvalue weighted by molar-refractivity contribution is -0.116. The molecule has 1 N–H and O–H groups in total. The molecule has 0 aromatic heterocycles. The third kappa shape index (κ3) is 3.68. The number of thioether (sulfide) groups is 1. The molecule has 2 aromatic carbocycles. The van der Waals surface area contributed by atoms with E-state index in [1.807, 2.05) is 24.3 Å². The summed E-state index contributed by atoms with van der Waals surface area (Å²) in [6, 6.07) is 12.4. The largest absolute Gasteiger partial charge is 0.340 e. The Kier molecular flexibility index (Phi) is 5.08. The molecule has 1 aliphatic heterocycles. The molecular weight excluding hydrogens is 379 g/mol. The SMILES string of the molecule is CC(=O)C1=C(Nc2cc(Cl)cc(Cl)c2)N(C(C)=O)c2ccccc2S1. The molecule has 0 fully saturated rings. The van der Waals surface area contributed by atoms with Gasteiger partial charge >= 0.3 is 0 Å². The number of nitrogens with one attached hydrogen (secondary N) is 1. The molecule has 4 nitrogen and oxygen atoms in total. The van der Waals surface area contributed by atoms with E-state index in [-0.39, 0.29) is 11.7 Å². The lowest BCUT2D eigenvalue weighted by atomic mass is 10.2. The van der Waals surface area contributed by atoms with E-state index in [4.69, 9.17) is 23.2 Å². The van der Waals surface area contributed by atoms with E-state index in [2.05, 4.69) is 5.32 Å². The van der Waals surface area contributed by atoms with Gasteiger partial charge in [-0.1, -0.05) is 47.1 Å². The molecule has 0 bridgehead atoms. The van der Waals surface area contributed by atoms with Crippen molar-refractivity contribution in [1.29, 1.82) is 0 Å². The van der Waals surface area contributed by atoms with E-state index in [1.54, 1.807) is 18.2 Å². The maximum Gasteiger partial charge on any atom is 0.229 e. The summed E-state index contributed by atoms with van der Waals surface area (Å²) in [5.74, 6) is 0.0607. The maximum absolute atomic E-state index is 12.3. The Morgan fingerprint density at radius 3 is 2.28 bits per heavy atom. The van der Waals surface area contributed by atoms with Crippen LogP contribution in [0.4, 0.5) is 11.4 Å². The van der Waals surface area contributed by atoms with Crippen molar-refractivity contribution in [2.75, 3.05) is 10.2 Å². The van der Waals surface area contributed by atoms with E-state index in [0.717, 1.165) is 10.6 Å². The number of hydrogen-bond acceptors (Lipinski definition) is 4. The van der Waals surface area contributed by atoms with Crippen molar-refractivity contribution in [2.24, 2.45) is 0 Å². The van der Waals surface area contributed by atoms with Crippen LogP contribution in [0.3, 0.4) is 0 Å². The van der Waals surface area contributed by atoms with E-state index in [1.165, 1.54) is 30.5 Å². The van der Waals surface area contributed by atoms with Crippen LogP contribution in [-0.2, 0) is 9.59 Å². The molecule has 128 valence electrons. The van der Waals surface area contributed by atoms with Gasteiger partial charge in [-0.2, -0.15) is 0 Å². The molecule has 7 heteroatoms. The Labute approximate surface area is 159 Å². The van der Waals surface area contributed by atoms with Crippen molar-refractivity contribution in [1.82, 2.24) is 0 Å². The highest BCUT2D eigenvalue weighted by atomic mass is 35.5. The average Bonchev–Trinajstić information content (AvgIpc) is 2.52. The molecule has 25 heavy (non-hydrogen) atoms. The number of ketones is 1. The molecule has 1 aliphatic rings. The van der Waals surface area contributed by atoms with Gasteiger partial charge in [-0.15, -0.1) is 0 Å². The maximum atomic E-state index is 12.3. The summed E-state index contributed by atoms with van der Waals surface area (Å²) in [5.41, 5.74) is 1.32. The summed E-state index contributed by atoms with van der Waals surface area (Å²) in [4.78, 5) is 27.3. The first-order valence-electron chi connectivity index (χ1n) is 7.42. The van der Waals surface area contributed by atoms with Crippen molar-refractivity contribution < 1.29 is 9.59 Å². The van der Waals surface area contributed by atoms with E-state index < -0.39 is 0 Å². The van der Waals surface area contributed by atoms with Crippen molar-refractivity contribution in [3.63, 3.8) is 0 Å². The third-order valence-electron chi connectivity index (χ3n) is 3.52. The van der Waals surface area contributed by atoms with Gasteiger partial charge in [0, 0.05) is 27.6 Å². The first-order valence-corrected chi connectivity index (χ1v) is 9.00. The molecule has 0 atom stereocenters. The molecule has 0 radical (unpaired) electrons. The van der Waals surface area contributed by atoms with Crippen LogP contribution >= 0.6 is 35.0 Å². The second kappa shape index (κ2) is 7.12. The number of allylic oxidation sites excluding steroid dienone is 1. The number of hydrogen-bond donors (Lipinski definition) is 1. The van der Waals surface area contributed by atoms with Gasteiger partial charge in [0.05, 0.1) is 10.6 Å². The van der Waals surface area contributed by atoms with Crippen LogP contribution in [-0.4, -0.2) is 11.7 Å². The van der Waals surface area contributed by atoms with Crippen LogP contribution in [0.2, 0.25) is 10.0 Å². The number of amides is 1. The molecule has 0 saturated carbocycles. The average molecular weight is 393 g/mol. The molecule has 0 unspecified atom stereocenters. The Morgan fingerprint density at radius 2 is 1.68 bits per heavy atom. The lowest BCUT2D eigenvalue weighted by Crippen LogP contribution is -2.35. The monoisotopic (exact) mass is 392 g/mol. The van der Waals surface area contributed by atoms with Crippen molar-refractivity contribution >= 4 is 58.0 Å². The quantitative estimate of drug-likeness (QED) is 0.767. The molecular formula is C18H14Cl2N2O2S. The van der Waals surface area contributed by atoms with Gasteiger partial charge in [-0.3, -0.25) is 14.5 Å². The summed E-state index contributed by atoms with van der Waals surface area (Å²) >= 11 is 13.4. The number of nitrogens with zero attached hydrogens (tertiary/aromatic N) is 1. The number of para-hydroxylation sites is 1. The van der Waals surface area contributed by atoms with Gasteiger partial charge in [0.1, 0.15) is 5.82 Å². The normalized spacial score (nSPS) is 13.5. The molecule has 1 heterocycles. The van der Waals surface area contributed by atoms with Gasteiger partial charge in [-0.05, 0) is 37.3 Å². The Morgan fingerprint density at radius 1 is 1.04 bits per heavy atom. The molecule has 3 rings (SSSR count). The first-order chi connectivity index (χ1) is 11.9. The number of benzene rings is 2. The van der Waals surface area contributed by atoms with E-state index >= 15 is 0 Å². The Bertz CT molecular complexity index is 891. The Balaban J connectivity index is 2.14. The minimum Gasteiger partial charge on any atom is -0.340 e. The van der Waals surface area contributed by atoms with Crippen molar-refractivity contribution in [2.45, 2.75) is 18.7 Å². The molecule has 2 aromatic rings. The smallest absolute Gasteiger partial charge is 0.229 e. The summed E-state index contributed by atoms with van der Waals surface area (Å²) < 4.78 is 0. The lowest BCUT2D eigenvalue weighted by Gasteiger charge is -2.32. The highest BCUT2D eigenvalue weighted by Gasteiger charge is 2.30. The van der Waals surface area contributed by atoms with Gasteiger partial charge in [0.2, 0.25) is 5.91 Å². The van der Waals surface area contributed by atoms with Gasteiger partial charge in [-0.25, -0.2) is 0 Å². The Hall–Kier alpha value is -1.95. The molecule has 0 aliphatic carbocycles. The standard InChI is InChI=1S/C18H14Cl2N2O2S/c1-10(23)17-18(21-14-8-12(19)7-13(20)9-14)22(11(2)24)15-5-3-4-6-16(15)25-17/h3-9,21H,1-2H3. The van der Waals surface area contributed by atoms with Crippen molar-refractivity contribution in [3.8, 4) is 0 Å². The van der Waals surface area contributed by atoms with Gasteiger partial charge in [0.25, 0.3) is 0 Å². The van der Waals surface area contributed by atoms with Crippen LogP contribution in [0.15, 0.2) is 58.1 Å². The summed E-state index contributed by atoms with van der Waals surface area (Å²) in [7, 11) is 0. The zero-order valence-electron chi connectivity index (χ0n) is 13.5. The zero-order valence-corrected chi connectivity index (χ0v) is 15.8. The number of fused-ring (bicyclic) bond motifs is 1. The van der Waals surface area contributed by atoms with E-state index in [9.17, 15) is 9.59 Å². The number of carbonyl (C=O) groups excluding carboxylic acids is 2. The number of Topliss-reactive ketones (excluding diaryl/α,β-unsaturated/α-hetero) is 1. The number of rotatable bonds is 3. The fourth-order valence-electron chi connectivity index (χ4n) is 2.55. The van der Waals surface area contributed by atoms with Gasteiger partial charge in [0.15, 0.2) is 5.78 Å². The van der Waals surface area contributed by atoms with Crippen molar-refractivity contribution in [3.05, 3.63) is 63.2 Å². The minimum atomic E-state index is -0.206. The molecule has 0 spiro atoms. The predicted molar refractivity (Wildman–Crippen MR) is 103 cm³/mol. The fourth-order valence-corrected chi connectivity index (χ4v) is 4.09. The number of carbonyl (C=O) groups is 2. The zero-order chi connectivity index (χ0) is 18.1. The van der Waals surface area contributed by atoms with Crippen LogP contribution in [0.25, 0.3) is 0 Å². The molecule has 1 amide bonds. The van der Waals surface area contributed by atoms with Crippen LogP contribution in [0.5, 0.6) is 0 Å². The summed E-state index contributed by atoms with van der Waals surface area (Å²) in [5, 5.41) is 4.05. The van der Waals surface area contributed by atoms with Gasteiger partial charge < -0.3 is 5.32 Å². The second-order valence-corrected chi connectivity index (χ2v) is 7.37. The third-order valence-corrected chi connectivity index (χ3v) is 5.20. The first kappa shape index (κ1) is 17.9. The predicted octanol–water partition coefficient (Wildman–Crippen LogP) is 5.32.